The fourth-order valence-corrected chi connectivity index (χ4v) is 8.07. The van der Waals surface area contributed by atoms with Crippen molar-refractivity contribution in [2.45, 2.75) is 104 Å². The Labute approximate surface area is 267 Å². The van der Waals surface area contributed by atoms with E-state index < -0.39 is 33.9 Å². The second-order valence-corrected chi connectivity index (χ2v) is 19.9. The molecule has 1 heterocycles. The first-order chi connectivity index (χ1) is 20.1. The normalized spacial score (nSPS) is 15.2. The number of nitrogens with one attached hydrogen (secondary N) is 1. The summed E-state index contributed by atoms with van der Waals surface area (Å²) in [6, 6.07) is 13.4. The van der Waals surface area contributed by atoms with Crippen molar-refractivity contribution in [3.8, 4) is 17.5 Å². The molecule has 1 N–H and O–H groups in total. The SMILES string of the molecule is C[SiH2]OC(O[SiH2]C)C(C)(C)c1cccc(-c2nnc([C@H](Nc3ccc(C#N)c(Cl)c3C)[C@H](C)O[Si](C)(C)C(C)(C)C)o2)c1. The number of nitrogens with zero attached hydrogens (tertiary/aromatic N) is 3. The molecule has 0 aliphatic rings. The van der Waals surface area contributed by atoms with E-state index in [9.17, 15) is 5.26 Å². The highest BCUT2D eigenvalue weighted by Gasteiger charge is 2.41. The van der Waals surface area contributed by atoms with E-state index in [-0.39, 0.29) is 22.8 Å². The van der Waals surface area contributed by atoms with Gasteiger partial charge >= 0.3 is 0 Å². The monoisotopic (exact) mass is 658 g/mol. The van der Waals surface area contributed by atoms with E-state index in [2.05, 4.69) is 94.5 Å². The maximum absolute atomic E-state index is 9.44. The van der Waals surface area contributed by atoms with Crippen LogP contribution in [0.2, 0.25) is 36.2 Å². The minimum absolute atomic E-state index is 0.0124. The molecule has 12 heteroatoms. The Bertz CT molecular complexity index is 1430. The Balaban J connectivity index is 2.03. The lowest BCUT2D eigenvalue weighted by Gasteiger charge is -2.40. The third kappa shape index (κ3) is 8.05. The number of benzene rings is 2. The molecule has 0 radical (unpaired) electrons. The van der Waals surface area contributed by atoms with Gasteiger partial charge in [-0.1, -0.05) is 71.4 Å². The number of aromatic nitrogens is 2. The highest BCUT2D eigenvalue weighted by molar-refractivity contribution is 6.74. The van der Waals surface area contributed by atoms with Gasteiger partial charge in [0.15, 0.2) is 27.8 Å². The molecule has 1 aromatic heterocycles. The Morgan fingerprint density at radius 1 is 1.05 bits per heavy atom. The summed E-state index contributed by atoms with van der Waals surface area (Å²) in [5.41, 5.74) is 3.51. The van der Waals surface area contributed by atoms with Crippen molar-refractivity contribution in [1.82, 2.24) is 10.2 Å². The fraction of sp³-hybridized carbons (Fsp3) is 0.516. The van der Waals surface area contributed by atoms with Crippen LogP contribution in [0.25, 0.3) is 11.5 Å². The summed E-state index contributed by atoms with van der Waals surface area (Å²) < 4.78 is 25.4. The van der Waals surface area contributed by atoms with Crippen LogP contribution in [0.5, 0.6) is 0 Å². The van der Waals surface area contributed by atoms with Crippen LogP contribution in [0.1, 0.15) is 70.2 Å². The molecule has 2 aromatic carbocycles. The molecule has 2 atom stereocenters. The molecule has 0 amide bonds. The van der Waals surface area contributed by atoms with E-state index in [0.29, 0.717) is 22.4 Å². The molecule has 0 saturated carbocycles. The summed E-state index contributed by atoms with van der Waals surface area (Å²) in [5.74, 6) is 0.825. The van der Waals surface area contributed by atoms with Crippen LogP contribution in [0.15, 0.2) is 40.8 Å². The maximum atomic E-state index is 9.44. The smallest absolute Gasteiger partial charge is 0.247 e. The lowest BCUT2D eigenvalue weighted by Crippen LogP contribution is -2.45. The van der Waals surface area contributed by atoms with Crippen LogP contribution >= 0.6 is 11.6 Å². The van der Waals surface area contributed by atoms with E-state index >= 15 is 0 Å². The van der Waals surface area contributed by atoms with Crippen molar-refractivity contribution in [2.24, 2.45) is 0 Å². The van der Waals surface area contributed by atoms with Crippen LogP contribution in [0, 0.1) is 18.3 Å². The lowest BCUT2D eigenvalue weighted by molar-refractivity contribution is -0.0433. The molecule has 0 aliphatic carbocycles. The minimum atomic E-state index is -2.15. The number of nitriles is 1. The zero-order chi connectivity index (χ0) is 32.2. The van der Waals surface area contributed by atoms with Crippen molar-refractivity contribution in [3.63, 3.8) is 0 Å². The summed E-state index contributed by atoms with van der Waals surface area (Å²) in [6.45, 7) is 23.5. The van der Waals surface area contributed by atoms with Gasteiger partial charge in [0, 0.05) is 16.7 Å². The third-order valence-corrected chi connectivity index (χ3v) is 14.7. The number of hydrogen-bond donors (Lipinski definition) is 1. The van der Waals surface area contributed by atoms with E-state index in [1.165, 1.54) is 0 Å². The standard InChI is InChI=1S/C31H47ClN4O4Si3/c1-19-24(16-15-22(18-33)25(19)32)34-26(20(2)40-43(10,11)30(3,4)5)28-36-35-27(37-28)21-13-12-14-23(17-21)31(6,7)29(38-41-8)39-42-9/h12-17,20,26,29,34H,41-42H2,1-11H3/t20-,26+/m0/s1. The van der Waals surface area contributed by atoms with Gasteiger partial charge < -0.3 is 23.0 Å². The Morgan fingerprint density at radius 3 is 2.28 bits per heavy atom. The topological polar surface area (TPSA) is 102 Å². The minimum Gasteiger partial charge on any atom is -0.418 e. The molecule has 0 saturated heterocycles. The zero-order valence-corrected chi connectivity index (χ0v) is 32.0. The molecule has 43 heavy (non-hydrogen) atoms. The quantitative estimate of drug-likeness (QED) is 0.154. The summed E-state index contributed by atoms with van der Waals surface area (Å²) in [6.07, 6.45) is -0.585. The molecule has 234 valence electrons. The highest BCUT2D eigenvalue weighted by atomic mass is 35.5. The van der Waals surface area contributed by atoms with Gasteiger partial charge in [0.05, 0.1) is 16.7 Å². The van der Waals surface area contributed by atoms with Gasteiger partial charge in [0.25, 0.3) is 0 Å². The lowest BCUT2D eigenvalue weighted by atomic mass is 9.83. The molecule has 0 fully saturated rings. The molecular formula is C31H47ClN4O4Si3. The average molecular weight is 659 g/mol. The highest BCUT2D eigenvalue weighted by Crippen LogP contribution is 2.40. The second kappa shape index (κ2) is 14.2. The first kappa shape index (κ1) is 35.2. The molecule has 3 rings (SSSR count). The van der Waals surface area contributed by atoms with Crippen LogP contribution in [-0.2, 0) is 18.7 Å². The summed E-state index contributed by atoms with van der Waals surface area (Å²) >= 11 is 6.52. The van der Waals surface area contributed by atoms with Gasteiger partial charge in [-0.05, 0) is 67.4 Å². The number of halogens is 1. The first-order valence-corrected chi connectivity index (χ1v) is 22.1. The summed E-state index contributed by atoms with van der Waals surface area (Å²) in [5, 5.41) is 22.4. The van der Waals surface area contributed by atoms with Gasteiger partial charge in [-0.3, -0.25) is 0 Å². The van der Waals surface area contributed by atoms with E-state index in [1.807, 2.05) is 32.0 Å². The summed E-state index contributed by atoms with van der Waals surface area (Å²) in [7, 11) is -3.45. The molecule has 8 nitrogen and oxygen atoms in total. The van der Waals surface area contributed by atoms with Crippen molar-refractivity contribution in [1.29, 1.82) is 5.26 Å². The molecule has 0 spiro atoms. The molecular weight excluding hydrogens is 612 g/mol. The largest absolute Gasteiger partial charge is 0.418 e. The van der Waals surface area contributed by atoms with E-state index in [0.717, 1.165) is 22.4 Å². The van der Waals surface area contributed by atoms with Crippen molar-refractivity contribution < 1.29 is 17.7 Å². The van der Waals surface area contributed by atoms with Crippen molar-refractivity contribution >= 4 is 45.1 Å². The van der Waals surface area contributed by atoms with Crippen LogP contribution < -0.4 is 5.32 Å². The third-order valence-electron chi connectivity index (χ3n) is 8.36. The van der Waals surface area contributed by atoms with Gasteiger partial charge in [-0.15, -0.1) is 10.2 Å². The second-order valence-electron chi connectivity index (χ2n) is 12.9. The fourth-order valence-electron chi connectivity index (χ4n) is 4.62. The Morgan fingerprint density at radius 2 is 1.70 bits per heavy atom. The van der Waals surface area contributed by atoms with Crippen LogP contribution in [0.3, 0.4) is 0 Å². The van der Waals surface area contributed by atoms with Crippen molar-refractivity contribution in [2.75, 3.05) is 5.32 Å². The molecule has 0 bridgehead atoms. The van der Waals surface area contributed by atoms with Gasteiger partial charge in [0.2, 0.25) is 11.8 Å². The van der Waals surface area contributed by atoms with Crippen molar-refractivity contribution in [3.05, 3.63) is 64.0 Å². The number of anilines is 1. The van der Waals surface area contributed by atoms with E-state index in [4.69, 9.17) is 29.3 Å². The maximum Gasteiger partial charge on any atom is 0.247 e. The van der Waals surface area contributed by atoms with E-state index in [1.54, 1.807) is 6.07 Å². The number of hydrogen-bond acceptors (Lipinski definition) is 8. The predicted octanol–water partition coefficient (Wildman–Crippen LogP) is 7.03. The zero-order valence-electron chi connectivity index (χ0n) is 27.5. The molecule has 0 unspecified atom stereocenters. The first-order valence-electron chi connectivity index (χ1n) is 14.9. The molecule has 0 aliphatic heterocycles. The van der Waals surface area contributed by atoms with Crippen LogP contribution in [0.4, 0.5) is 5.69 Å². The molecule has 3 aromatic rings. The predicted molar refractivity (Wildman–Crippen MR) is 183 cm³/mol. The van der Waals surface area contributed by atoms with Crippen LogP contribution in [-0.4, -0.2) is 50.4 Å². The van der Waals surface area contributed by atoms with Gasteiger partial charge in [0.1, 0.15) is 18.4 Å². The Kier molecular flexibility index (Phi) is 11.6. The number of rotatable bonds is 13. The van der Waals surface area contributed by atoms with Gasteiger partial charge in [-0.25, -0.2) is 0 Å². The summed E-state index contributed by atoms with van der Waals surface area (Å²) in [4.78, 5) is 0. The Hall–Kier alpha value is -2.31. The average Bonchev–Trinajstić information content (AvgIpc) is 3.43. The van der Waals surface area contributed by atoms with Gasteiger partial charge in [-0.2, -0.15) is 5.26 Å².